The summed E-state index contributed by atoms with van der Waals surface area (Å²) in [6.07, 6.45) is 1.93. The summed E-state index contributed by atoms with van der Waals surface area (Å²) < 4.78 is 13.7. The fourth-order valence-corrected chi connectivity index (χ4v) is 2.17. The van der Waals surface area contributed by atoms with Gasteiger partial charge in [-0.15, -0.1) is 0 Å². The number of nitrogens with zero attached hydrogens (tertiary/aromatic N) is 1. The summed E-state index contributed by atoms with van der Waals surface area (Å²) in [5, 5.41) is 13.4. The molecule has 1 aromatic carbocycles. The summed E-state index contributed by atoms with van der Waals surface area (Å²) in [5.74, 6) is -1.19. The Kier molecular flexibility index (Phi) is 3.71. The van der Waals surface area contributed by atoms with Crippen molar-refractivity contribution in [3.8, 4) is 0 Å². The highest BCUT2D eigenvalue weighted by Gasteiger charge is 2.42. The van der Waals surface area contributed by atoms with Gasteiger partial charge in [0.15, 0.2) is 0 Å². The van der Waals surface area contributed by atoms with E-state index in [0.29, 0.717) is 0 Å². The minimum Gasteiger partial charge on any atom is -0.345 e. The van der Waals surface area contributed by atoms with Gasteiger partial charge >= 0.3 is 0 Å². The molecule has 1 amide bonds. The van der Waals surface area contributed by atoms with Gasteiger partial charge in [-0.05, 0) is 31.7 Å². The Labute approximate surface area is 115 Å². The first-order valence-electron chi connectivity index (χ1n) is 6.34. The van der Waals surface area contributed by atoms with E-state index in [1.807, 2.05) is 0 Å². The minimum absolute atomic E-state index is 0.236. The first-order valence-corrected chi connectivity index (χ1v) is 6.34. The van der Waals surface area contributed by atoms with E-state index in [1.54, 1.807) is 6.92 Å². The Balaban J connectivity index is 2.24. The number of amides is 1. The van der Waals surface area contributed by atoms with Crippen LogP contribution in [-0.4, -0.2) is 22.9 Å². The van der Waals surface area contributed by atoms with Gasteiger partial charge in [-0.3, -0.25) is 14.9 Å². The van der Waals surface area contributed by atoms with E-state index >= 15 is 0 Å². The van der Waals surface area contributed by atoms with Crippen molar-refractivity contribution in [2.75, 3.05) is 6.54 Å². The van der Waals surface area contributed by atoms with E-state index < -0.39 is 22.2 Å². The predicted molar refractivity (Wildman–Crippen MR) is 70.7 cm³/mol. The lowest BCUT2D eigenvalue weighted by Crippen LogP contribution is -2.53. The maximum atomic E-state index is 13.7. The summed E-state index contributed by atoms with van der Waals surface area (Å²) in [7, 11) is 0. The molecule has 108 valence electrons. The first kappa shape index (κ1) is 14.4. The lowest BCUT2D eigenvalue weighted by molar-refractivity contribution is -0.384. The second kappa shape index (κ2) is 5.16. The number of nitro benzene ring substituents is 1. The number of nitro groups is 1. The second-order valence-corrected chi connectivity index (χ2v) is 5.27. The van der Waals surface area contributed by atoms with E-state index in [4.69, 9.17) is 5.73 Å². The van der Waals surface area contributed by atoms with E-state index in [-0.39, 0.29) is 23.7 Å². The number of benzene rings is 1. The Hall–Kier alpha value is -2.02. The second-order valence-electron chi connectivity index (χ2n) is 5.27. The maximum absolute atomic E-state index is 13.7. The fraction of sp³-hybridized carbons (Fsp3) is 0.462. The number of nitrogens with two attached hydrogens (primary N) is 1. The van der Waals surface area contributed by atoms with Crippen LogP contribution in [0.25, 0.3) is 0 Å². The lowest BCUT2D eigenvalue weighted by atomic mass is 9.95. The van der Waals surface area contributed by atoms with Crippen LogP contribution < -0.4 is 11.1 Å². The molecule has 0 heterocycles. The summed E-state index contributed by atoms with van der Waals surface area (Å²) >= 11 is 0. The summed E-state index contributed by atoms with van der Waals surface area (Å²) in [6, 6.07) is 2.88. The largest absolute Gasteiger partial charge is 0.345 e. The van der Waals surface area contributed by atoms with Crippen LogP contribution in [0.4, 0.5) is 10.1 Å². The molecule has 3 N–H and O–H groups in total. The number of carbonyl (C=O) groups is 1. The third-order valence-corrected chi connectivity index (χ3v) is 3.71. The van der Waals surface area contributed by atoms with Gasteiger partial charge in [-0.2, -0.15) is 0 Å². The van der Waals surface area contributed by atoms with Crippen molar-refractivity contribution in [1.29, 1.82) is 0 Å². The average molecular weight is 281 g/mol. The van der Waals surface area contributed by atoms with Crippen molar-refractivity contribution in [2.45, 2.75) is 25.3 Å². The van der Waals surface area contributed by atoms with E-state index in [9.17, 15) is 19.3 Å². The molecule has 0 saturated heterocycles. The van der Waals surface area contributed by atoms with E-state index in [1.165, 1.54) is 0 Å². The topological polar surface area (TPSA) is 98.3 Å². The molecule has 1 aromatic rings. The number of non-ortho nitro benzene ring substituents is 1. The van der Waals surface area contributed by atoms with Crippen LogP contribution in [0.5, 0.6) is 0 Å². The molecule has 1 fully saturated rings. The van der Waals surface area contributed by atoms with Crippen molar-refractivity contribution in [3.05, 3.63) is 39.7 Å². The average Bonchev–Trinajstić information content (AvgIpc) is 3.23. The van der Waals surface area contributed by atoms with Crippen LogP contribution in [0, 0.1) is 21.8 Å². The molecular weight excluding hydrogens is 265 g/mol. The van der Waals surface area contributed by atoms with Gasteiger partial charge < -0.3 is 11.1 Å². The molecule has 1 saturated carbocycles. The summed E-state index contributed by atoms with van der Waals surface area (Å²) in [6.45, 7) is 2.04. The van der Waals surface area contributed by atoms with Gasteiger partial charge in [0.05, 0.1) is 16.0 Å². The zero-order valence-electron chi connectivity index (χ0n) is 11.1. The van der Waals surface area contributed by atoms with Crippen LogP contribution in [0.1, 0.15) is 30.1 Å². The molecule has 20 heavy (non-hydrogen) atoms. The monoisotopic (exact) mass is 281 g/mol. The molecule has 0 bridgehead atoms. The van der Waals surface area contributed by atoms with E-state index in [0.717, 1.165) is 31.0 Å². The van der Waals surface area contributed by atoms with Gasteiger partial charge in [-0.1, -0.05) is 0 Å². The standard InChI is InChI=1S/C13H16FN3O3/c1-13(7-15,8-2-3-8)16-12(18)10-6-9(17(19)20)4-5-11(10)14/h4-6,8H,2-3,7,15H2,1H3,(H,16,18). The Morgan fingerprint density at radius 2 is 2.25 bits per heavy atom. The molecule has 6 nitrogen and oxygen atoms in total. The molecule has 1 atom stereocenters. The molecule has 0 radical (unpaired) electrons. The number of carbonyl (C=O) groups excluding carboxylic acids is 1. The molecule has 7 heteroatoms. The minimum atomic E-state index is -0.789. The van der Waals surface area contributed by atoms with Crippen LogP contribution >= 0.6 is 0 Å². The first-order chi connectivity index (χ1) is 9.37. The maximum Gasteiger partial charge on any atom is 0.270 e. The van der Waals surface area contributed by atoms with Crippen molar-refractivity contribution in [1.82, 2.24) is 5.32 Å². The number of hydrogen-bond acceptors (Lipinski definition) is 4. The highest BCUT2D eigenvalue weighted by atomic mass is 19.1. The zero-order valence-corrected chi connectivity index (χ0v) is 11.1. The zero-order chi connectivity index (χ0) is 14.9. The Morgan fingerprint density at radius 1 is 1.60 bits per heavy atom. The lowest BCUT2D eigenvalue weighted by Gasteiger charge is -2.29. The number of halogens is 1. The fourth-order valence-electron chi connectivity index (χ4n) is 2.17. The third-order valence-electron chi connectivity index (χ3n) is 3.71. The molecule has 1 aliphatic rings. The molecule has 2 rings (SSSR count). The SMILES string of the molecule is CC(CN)(NC(=O)c1cc([N+](=O)[O-])ccc1F)C1CC1. The summed E-state index contributed by atoms with van der Waals surface area (Å²) in [4.78, 5) is 22.1. The Bertz CT molecular complexity index is 560. The van der Waals surface area contributed by atoms with Crippen molar-refractivity contribution >= 4 is 11.6 Å². The number of rotatable bonds is 5. The van der Waals surface area contributed by atoms with Crippen LogP contribution in [0.3, 0.4) is 0 Å². The van der Waals surface area contributed by atoms with Gasteiger partial charge in [0.2, 0.25) is 0 Å². The highest BCUT2D eigenvalue weighted by molar-refractivity contribution is 5.95. The van der Waals surface area contributed by atoms with Gasteiger partial charge in [0.1, 0.15) is 5.82 Å². The Morgan fingerprint density at radius 3 is 2.75 bits per heavy atom. The molecule has 0 aromatic heterocycles. The normalized spacial score (nSPS) is 17.4. The van der Waals surface area contributed by atoms with Crippen LogP contribution in [0.2, 0.25) is 0 Å². The molecule has 1 aliphatic carbocycles. The van der Waals surface area contributed by atoms with Crippen molar-refractivity contribution in [2.24, 2.45) is 11.7 Å². The van der Waals surface area contributed by atoms with Crippen molar-refractivity contribution < 1.29 is 14.1 Å². The smallest absolute Gasteiger partial charge is 0.270 e. The summed E-state index contributed by atoms with van der Waals surface area (Å²) in [5.41, 5.74) is 4.42. The van der Waals surface area contributed by atoms with Crippen LogP contribution in [-0.2, 0) is 0 Å². The number of hydrogen-bond donors (Lipinski definition) is 2. The van der Waals surface area contributed by atoms with Gasteiger partial charge in [0, 0.05) is 18.7 Å². The molecule has 0 spiro atoms. The third kappa shape index (κ3) is 2.77. The highest BCUT2D eigenvalue weighted by Crippen LogP contribution is 2.39. The molecule has 1 unspecified atom stereocenters. The predicted octanol–water partition coefficient (Wildman–Crippen LogP) is 1.59. The van der Waals surface area contributed by atoms with E-state index in [2.05, 4.69) is 5.32 Å². The van der Waals surface area contributed by atoms with Crippen molar-refractivity contribution in [3.63, 3.8) is 0 Å². The van der Waals surface area contributed by atoms with Gasteiger partial charge in [0.25, 0.3) is 11.6 Å². The molecule has 0 aliphatic heterocycles. The van der Waals surface area contributed by atoms with Crippen LogP contribution in [0.15, 0.2) is 18.2 Å². The van der Waals surface area contributed by atoms with Gasteiger partial charge in [-0.25, -0.2) is 4.39 Å². The number of nitrogens with one attached hydrogen (secondary N) is 1. The molecular formula is C13H16FN3O3. The quantitative estimate of drug-likeness (QED) is 0.632.